The van der Waals surface area contributed by atoms with Gasteiger partial charge in [0.25, 0.3) is 0 Å². The van der Waals surface area contributed by atoms with E-state index in [4.69, 9.17) is 11.6 Å². The predicted molar refractivity (Wildman–Crippen MR) is 85.1 cm³/mol. The standard InChI is InChI=1S/C15H20BrClN2/c16-13-3-4-15(12(9-13)10-17)19-8-5-14(11-19)18-6-1-2-7-18/h3-4,9,14H,1-2,5-8,10-11H2. The molecule has 4 heteroatoms. The molecule has 2 aliphatic rings. The van der Waals surface area contributed by atoms with Crippen LogP contribution in [0.1, 0.15) is 24.8 Å². The molecule has 0 saturated carbocycles. The van der Waals surface area contributed by atoms with Crippen molar-refractivity contribution >= 4 is 33.2 Å². The van der Waals surface area contributed by atoms with Crippen LogP contribution in [-0.4, -0.2) is 37.1 Å². The fraction of sp³-hybridized carbons (Fsp3) is 0.600. The second-order valence-electron chi connectivity index (χ2n) is 5.54. The van der Waals surface area contributed by atoms with Crippen LogP contribution in [0, 0.1) is 0 Å². The molecule has 2 fully saturated rings. The molecular formula is C15H20BrClN2. The molecule has 1 atom stereocenters. The third kappa shape index (κ3) is 2.93. The Balaban J connectivity index is 1.73. The minimum Gasteiger partial charge on any atom is -0.370 e. The van der Waals surface area contributed by atoms with Gasteiger partial charge in [-0.2, -0.15) is 0 Å². The van der Waals surface area contributed by atoms with E-state index in [1.807, 2.05) is 0 Å². The van der Waals surface area contributed by atoms with E-state index in [0.29, 0.717) is 5.88 Å². The zero-order valence-electron chi connectivity index (χ0n) is 11.1. The van der Waals surface area contributed by atoms with Gasteiger partial charge < -0.3 is 4.90 Å². The third-order valence-electron chi connectivity index (χ3n) is 4.35. The van der Waals surface area contributed by atoms with Gasteiger partial charge >= 0.3 is 0 Å². The maximum atomic E-state index is 6.09. The number of rotatable bonds is 3. The number of hydrogen-bond donors (Lipinski definition) is 0. The fourth-order valence-corrected chi connectivity index (χ4v) is 3.96. The lowest BCUT2D eigenvalue weighted by molar-refractivity contribution is 0.260. The van der Waals surface area contributed by atoms with Gasteiger partial charge in [0, 0.05) is 35.2 Å². The average molecular weight is 344 g/mol. The van der Waals surface area contributed by atoms with Crippen LogP contribution in [0.15, 0.2) is 22.7 Å². The maximum absolute atomic E-state index is 6.09. The van der Waals surface area contributed by atoms with Crippen LogP contribution in [0.4, 0.5) is 5.69 Å². The van der Waals surface area contributed by atoms with Crippen molar-refractivity contribution in [3.63, 3.8) is 0 Å². The summed E-state index contributed by atoms with van der Waals surface area (Å²) in [5.41, 5.74) is 2.55. The lowest BCUT2D eigenvalue weighted by Crippen LogP contribution is -2.35. The molecule has 0 aromatic heterocycles. The number of nitrogens with zero attached hydrogens (tertiary/aromatic N) is 2. The molecule has 0 N–H and O–H groups in total. The summed E-state index contributed by atoms with van der Waals surface area (Å²) >= 11 is 9.61. The number of halogens is 2. The first kappa shape index (κ1) is 13.7. The first-order chi connectivity index (χ1) is 9.28. The maximum Gasteiger partial charge on any atom is 0.0494 e. The second-order valence-corrected chi connectivity index (χ2v) is 6.72. The molecule has 1 aromatic carbocycles. The van der Waals surface area contributed by atoms with Gasteiger partial charge in [-0.3, -0.25) is 4.90 Å². The van der Waals surface area contributed by atoms with Crippen LogP contribution < -0.4 is 4.90 Å². The van der Waals surface area contributed by atoms with Crippen molar-refractivity contribution in [2.75, 3.05) is 31.1 Å². The predicted octanol–water partition coefficient (Wildman–Crippen LogP) is 3.86. The number of benzene rings is 1. The molecule has 0 radical (unpaired) electrons. The zero-order chi connectivity index (χ0) is 13.2. The molecule has 0 spiro atoms. The van der Waals surface area contributed by atoms with Crippen molar-refractivity contribution in [2.24, 2.45) is 0 Å². The van der Waals surface area contributed by atoms with E-state index in [0.717, 1.165) is 23.6 Å². The summed E-state index contributed by atoms with van der Waals surface area (Å²) in [5.74, 6) is 0.583. The smallest absolute Gasteiger partial charge is 0.0494 e. The molecule has 0 aliphatic carbocycles. The summed E-state index contributed by atoms with van der Waals surface area (Å²) in [6.45, 7) is 4.90. The highest BCUT2D eigenvalue weighted by molar-refractivity contribution is 9.10. The van der Waals surface area contributed by atoms with E-state index in [1.165, 1.54) is 43.6 Å². The van der Waals surface area contributed by atoms with E-state index in [2.05, 4.69) is 43.9 Å². The highest BCUT2D eigenvalue weighted by atomic mass is 79.9. The number of alkyl halides is 1. The fourth-order valence-electron chi connectivity index (χ4n) is 3.34. The molecule has 3 rings (SSSR count). The number of anilines is 1. The van der Waals surface area contributed by atoms with E-state index in [1.54, 1.807) is 0 Å². The van der Waals surface area contributed by atoms with Crippen molar-refractivity contribution in [1.82, 2.24) is 4.90 Å². The number of hydrogen-bond acceptors (Lipinski definition) is 2. The summed E-state index contributed by atoms with van der Waals surface area (Å²) in [5, 5.41) is 0. The van der Waals surface area contributed by atoms with Crippen molar-refractivity contribution in [3.8, 4) is 0 Å². The van der Waals surface area contributed by atoms with Crippen LogP contribution in [0.5, 0.6) is 0 Å². The van der Waals surface area contributed by atoms with Crippen LogP contribution in [-0.2, 0) is 5.88 Å². The molecule has 2 aliphatic heterocycles. The Morgan fingerprint density at radius 1 is 1.21 bits per heavy atom. The molecule has 2 saturated heterocycles. The Morgan fingerprint density at radius 2 is 2.00 bits per heavy atom. The zero-order valence-corrected chi connectivity index (χ0v) is 13.5. The third-order valence-corrected chi connectivity index (χ3v) is 5.13. The molecule has 19 heavy (non-hydrogen) atoms. The lowest BCUT2D eigenvalue weighted by Gasteiger charge is -2.25. The van der Waals surface area contributed by atoms with Gasteiger partial charge in [-0.25, -0.2) is 0 Å². The monoisotopic (exact) mass is 342 g/mol. The lowest BCUT2D eigenvalue weighted by atomic mass is 10.2. The van der Waals surface area contributed by atoms with E-state index in [-0.39, 0.29) is 0 Å². The Labute approximate surface area is 128 Å². The molecular weight excluding hydrogens is 324 g/mol. The van der Waals surface area contributed by atoms with Gasteiger partial charge in [-0.15, -0.1) is 11.6 Å². The summed E-state index contributed by atoms with van der Waals surface area (Å²) < 4.78 is 1.11. The van der Waals surface area contributed by atoms with Crippen molar-refractivity contribution in [2.45, 2.75) is 31.2 Å². The molecule has 0 bridgehead atoms. The van der Waals surface area contributed by atoms with Crippen molar-refractivity contribution < 1.29 is 0 Å². The molecule has 1 aromatic rings. The van der Waals surface area contributed by atoms with Crippen LogP contribution >= 0.6 is 27.5 Å². The Morgan fingerprint density at radius 3 is 2.74 bits per heavy atom. The normalized spacial score (nSPS) is 24.3. The molecule has 2 heterocycles. The van der Waals surface area contributed by atoms with Crippen LogP contribution in [0.3, 0.4) is 0 Å². The largest absolute Gasteiger partial charge is 0.370 e. The highest BCUT2D eigenvalue weighted by Gasteiger charge is 2.29. The minimum absolute atomic E-state index is 0.583. The molecule has 1 unspecified atom stereocenters. The van der Waals surface area contributed by atoms with Gasteiger partial charge in [0.05, 0.1) is 0 Å². The van der Waals surface area contributed by atoms with E-state index < -0.39 is 0 Å². The Bertz CT molecular complexity index is 446. The van der Waals surface area contributed by atoms with Gasteiger partial charge in [0.2, 0.25) is 0 Å². The minimum atomic E-state index is 0.583. The first-order valence-electron chi connectivity index (χ1n) is 7.11. The van der Waals surface area contributed by atoms with Crippen LogP contribution in [0.2, 0.25) is 0 Å². The summed E-state index contributed by atoms with van der Waals surface area (Å²) in [4.78, 5) is 5.17. The summed E-state index contributed by atoms with van der Waals surface area (Å²) in [7, 11) is 0. The topological polar surface area (TPSA) is 6.48 Å². The summed E-state index contributed by atoms with van der Waals surface area (Å²) in [6.07, 6.45) is 4.04. The van der Waals surface area contributed by atoms with E-state index >= 15 is 0 Å². The molecule has 104 valence electrons. The second kappa shape index (κ2) is 6.02. The van der Waals surface area contributed by atoms with Gasteiger partial charge in [-0.05, 0) is 56.1 Å². The highest BCUT2D eigenvalue weighted by Crippen LogP contribution is 2.30. The first-order valence-corrected chi connectivity index (χ1v) is 8.44. The Kier molecular flexibility index (Phi) is 4.35. The molecule has 2 nitrogen and oxygen atoms in total. The summed E-state index contributed by atoms with van der Waals surface area (Å²) in [6, 6.07) is 7.21. The molecule has 0 amide bonds. The Hall–Kier alpha value is -0.250. The van der Waals surface area contributed by atoms with Gasteiger partial charge in [-0.1, -0.05) is 15.9 Å². The van der Waals surface area contributed by atoms with Gasteiger partial charge in [0.1, 0.15) is 0 Å². The van der Waals surface area contributed by atoms with Crippen molar-refractivity contribution in [3.05, 3.63) is 28.2 Å². The SMILES string of the molecule is ClCc1cc(Br)ccc1N1CCC(N2CCCC2)C1. The van der Waals surface area contributed by atoms with E-state index in [9.17, 15) is 0 Å². The van der Waals surface area contributed by atoms with Crippen LogP contribution in [0.25, 0.3) is 0 Å². The van der Waals surface area contributed by atoms with Gasteiger partial charge in [0.15, 0.2) is 0 Å². The average Bonchev–Trinajstić information content (AvgIpc) is 3.09. The van der Waals surface area contributed by atoms with Crippen molar-refractivity contribution in [1.29, 1.82) is 0 Å². The quantitative estimate of drug-likeness (QED) is 0.769. The number of likely N-dealkylation sites (tertiary alicyclic amines) is 1.